The largest absolute Gasteiger partial charge is 0.379 e. The van der Waals surface area contributed by atoms with Crippen molar-refractivity contribution in [2.45, 2.75) is 25.9 Å². The number of hydrogen-bond donors (Lipinski definition) is 2. The standard InChI is InChI=1S/C22H26Cl2N6O2.ClH/c23-17-4-1-14(9-18(17)24)10-25-22-27-20-19(21(31)28-22)30(13-26-20)12-16-3-2-15(16)11-29-5-7-32-8-6-29;/h1,4,9,13,15-16H,2-3,5-8,10-12H2,(H2,25,27,28,31);1H. The fourth-order valence-corrected chi connectivity index (χ4v) is 4.85. The molecule has 33 heavy (non-hydrogen) atoms. The summed E-state index contributed by atoms with van der Waals surface area (Å²) in [6.07, 6.45) is 4.16. The molecule has 2 unspecified atom stereocenters. The number of imidazole rings is 1. The number of ether oxygens (including phenoxy) is 1. The first-order valence-corrected chi connectivity index (χ1v) is 11.8. The van der Waals surface area contributed by atoms with Gasteiger partial charge in [0.2, 0.25) is 5.95 Å². The van der Waals surface area contributed by atoms with Gasteiger partial charge in [-0.2, -0.15) is 4.98 Å². The molecule has 0 radical (unpaired) electrons. The molecule has 11 heteroatoms. The molecule has 1 aromatic carbocycles. The molecule has 5 rings (SSSR count). The molecule has 1 aliphatic carbocycles. The van der Waals surface area contributed by atoms with Crippen molar-refractivity contribution < 1.29 is 4.74 Å². The molecule has 0 amide bonds. The number of halogens is 3. The molecule has 178 valence electrons. The summed E-state index contributed by atoms with van der Waals surface area (Å²) < 4.78 is 7.41. The number of nitrogens with zero attached hydrogens (tertiary/aromatic N) is 4. The van der Waals surface area contributed by atoms with E-state index in [2.05, 4.69) is 25.2 Å². The Morgan fingerprint density at radius 1 is 1.12 bits per heavy atom. The monoisotopic (exact) mass is 512 g/mol. The van der Waals surface area contributed by atoms with Crippen LogP contribution < -0.4 is 10.9 Å². The Kier molecular flexibility index (Phi) is 7.81. The summed E-state index contributed by atoms with van der Waals surface area (Å²) in [5.41, 5.74) is 1.73. The second-order valence-electron chi connectivity index (χ2n) is 8.60. The van der Waals surface area contributed by atoms with E-state index in [-0.39, 0.29) is 18.0 Å². The van der Waals surface area contributed by atoms with E-state index in [1.54, 1.807) is 18.5 Å². The van der Waals surface area contributed by atoms with Gasteiger partial charge in [-0.05, 0) is 42.4 Å². The van der Waals surface area contributed by atoms with E-state index < -0.39 is 0 Å². The summed E-state index contributed by atoms with van der Waals surface area (Å²) in [4.78, 5) is 27.0. The van der Waals surface area contributed by atoms with Crippen LogP contribution in [0.2, 0.25) is 10.0 Å². The highest BCUT2D eigenvalue weighted by Gasteiger charge is 2.33. The van der Waals surface area contributed by atoms with Gasteiger partial charge in [0.15, 0.2) is 11.2 Å². The van der Waals surface area contributed by atoms with Crippen molar-refractivity contribution in [2.75, 3.05) is 38.2 Å². The summed E-state index contributed by atoms with van der Waals surface area (Å²) in [5, 5.41) is 4.13. The number of aromatic nitrogens is 4. The van der Waals surface area contributed by atoms with Crippen molar-refractivity contribution in [3.8, 4) is 0 Å². The van der Waals surface area contributed by atoms with Crippen molar-refractivity contribution >= 4 is 52.7 Å². The van der Waals surface area contributed by atoms with E-state index in [1.807, 2.05) is 10.6 Å². The van der Waals surface area contributed by atoms with Crippen LogP contribution in [0.15, 0.2) is 29.3 Å². The molecule has 1 saturated carbocycles. The van der Waals surface area contributed by atoms with E-state index in [9.17, 15) is 4.79 Å². The van der Waals surface area contributed by atoms with Crippen LogP contribution in [0, 0.1) is 11.8 Å². The zero-order valence-electron chi connectivity index (χ0n) is 18.1. The quantitative estimate of drug-likeness (QED) is 0.499. The van der Waals surface area contributed by atoms with Crippen molar-refractivity contribution in [1.29, 1.82) is 0 Å². The lowest BCUT2D eigenvalue weighted by Crippen LogP contribution is -2.44. The maximum absolute atomic E-state index is 12.8. The Morgan fingerprint density at radius 2 is 1.88 bits per heavy atom. The van der Waals surface area contributed by atoms with Crippen LogP contribution in [0.5, 0.6) is 0 Å². The number of benzene rings is 1. The number of H-pyrrole nitrogens is 1. The predicted molar refractivity (Wildman–Crippen MR) is 133 cm³/mol. The van der Waals surface area contributed by atoms with Crippen molar-refractivity contribution in [2.24, 2.45) is 11.8 Å². The van der Waals surface area contributed by atoms with Gasteiger partial charge in [-0.3, -0.25) is 14.7 Å². The molecule has 2 fully saturated rings. The molecule has 2 aliphatic rings. The van der Waals surface area contributed by atoms with Gasteiger partial charge in [-0.1, -0.05) is 29.3 Å². The Morgan fingerprint density at radius 3 is 2.61 bits per heavy atom. The number of nitrogens with one attached hydrogen (secondary N) is 2. The normalized spacial score (nSPS) is 20.9. The first-order chi connectivity index (χ1) is 15.6. The van der Waals surface area contributed by atoms with Gasteiger partial charge in [-0.25, -0.2) is 4.98 Å². The van der Waals surface area contributed by atoms with Crippen molar-refractivity contribution in [3.05, 3.63) is 50.5 Å². The molecular formula is C22H27Cl3N6O2. The summed E-state index contributed by atoms with van der Waals surface area (Å²) in [6.45, 7) is 6.04. The van der Waals surface area contributed by atoms with E-state index in [1.165, 1.54) is 12.8 Å². The summed E-state index contributed by atoms with van der Waals surface area (Å²) in [5.74, 6) is 1.60. The van der Waals surface area contributed by atoms with E-state index >= 15 is 0 Å². The molecule has 8 nitrogen and oxygen atoms in total. The van der Waals surface area contributed by atoms with Crippen LogP contribution in [0.3, 0.4) is 0 Å². The molecule has 0 bridgehead atoms. The minimum Gasteiger partial charge on any atom is -0.379 e. The summed E-state index contributed by atoms with van der Waals surface area (Å²) in [6, 6.07) is 5.40. The number of fused-ring (bicyclic) bond motifs is 1. The molecule has 1 saturated heterocycles. The zero-order valence-corrected chi connectivity index (χ0v) is 20.4. The number of rotatable bonds is 7. The highest BCUT2D eigenvalue weighted by molar-refractivity contribution is 6.42. The lowest BCUT2D eigenvalue weighted by atomic mass is 9.73. The molecule has 2 aromatic heterocycles. The number of anilines is 1. The Bertz CT molecular complexity index is 1160. The molecule has 0 spiro atoms. The van der Waals surface area contributed by atoms with Gasteiger partial charge in [0.25, 0.3) is 5.56 Å². The predicted octanol–water partition coefficient (Wildman–Crippen LogP) is 3.82. The van der Waals surface area contributed by atoms with E-state index in [0.717, 1.165) is 45.0 Å². The number of morpholine rings is 1. The topological polar surface area (TPSA) is 88.1 Å². The van der Waals surface area contributed by atoms with Gasteiger partial charge >= 0.3 is 0 Å². The summed E-state index contributed by atoms with van der Waals surface area (Å²) in [7, 11) is 0. The van der Waals surface area contributed by atoms with Gasteiger partial charge in [0.05, 0.1) is 29.6 Å². The second-order valence-corrected chi connectivity index (χ2v) is 9.41. The van der Waals surface area contributed by atoms with E-state index in [4.69, 9.17) is 27.9 Å². The fraction of sp³-hybridized carbons (Fsp3) is 0.500. The molecule has 3 aromatic rings. The summed E-state index contributed by atoms with van der Waals surface area (Å²) >= 11 is 12.0. The lowest BCUT2D eigenvalue weighted by molar-refractivity contribution is 0.0102. The first kappa shape index (κ1) is 24.3. The van der Waals surface area contributed by atoms with Gasteiger partial charge in [-0.15, -0.1) is 12.4 Å². The average Bonchev–Trinajstić information content (AvgIpc) is 3.20. The van der Waals surface area contributed by atoms with Gasteiger partial charge in [0, 0.05) is 32.7 Å². The third-order valence-corrected chi connectivity index (χ3v) is 7.27. The zero-order chi connectivity index (χ0) is 22.1. The molecule has 1 aliphatic heterocycles. The first-order valence-electron chi connectivity index (χ1n) is 11.0. The number of hydrogen-bond acceptors (Lipinski definition) is 6. The Labute approximate surface area is 208 Å². The van der Waals surface area contributed by atoms with Crippen LogP contribution in [0.4, 0.5) is 5.95 Å². The third-order valence-electron chi connectivity index (χ3n) is 6.53. The minimum atomic E-state index is -0.187. The Balaban J connectivity index is 0.00000259. The minimum absolute atomic E-state index is 0. The van der Waals surface area contributed by atoms with Gasteiger partial charge in [0.1, 0.15) is 0 Å². The third kappa shape index (κ3) is 5.46. The molecule has 3 heterocycles. The van der Waals surface area contributed by atoms with Crippen LogP contribution in [0.25, 0.3) is 11.2 Å². The van der Waals surface area contributed by atoms with Crippen LogP contribution >= 0.6 is 35.6 Å². The second kappa shape index (κ2) is 10.6. The van der Waals surface area contributed by atoms with E-state index in [0.29, 0.717) is 45.5 Å². The highest BCUT2D eigenvalue weighted by Crippen LogP contribution is 2.36. The van der Waals surface area contributed by atoms with Gasteiger partial charge < -0.3 is 14.6 Å². The maximum Gasteiger partial charge on any atom is 0.278 e. The SMILES string of the molecule is Cl.O=c1[nH]c(NCc2ccc(Cl)c(Cl)c2)nc2ncn(CC3CCC3CN3CCOCC3)c12. The smallest absolute Gasteiger partial charge is 0.278 e. The average molecular weight is 514 g/mol. The van der Waals surface area contributed by atoms with Crippen LogP contribution in [0.1, 0.15) is 18.4 Å². The van der Waals surface area contributed by atoms with Crippen LogP contribution in [-0.4, -0.2) is 57.3 Å². The maximum atomic E-state index is 12.8. The van der Waals surface area contributed by atoms with Crippen molar-refractivity contribution in [3.63, 3.8) is 0 Å². The van der Waals surface area contributed by atoms with Crippen LogP contribution in [-0.2, 0) is 17.8 Å². The fourth-order valence-electron chi connectivity index (χ4n) is 4.53. The lowest BCUT2D eigenvalue weighted by Gasteiger charge is -2.41. The molecular weight excluding hydrogens is 487 g/mol. The van der Waals surface area contributed by atoms with Crippen molar-refractivity contribution in [1.82, 2.24) is 24.4 Å². The Hall–Kier alpha value is -1.84. The molecule has 2 atom stereocenters. The number of aromatic amines is 1. The highest BCUT2D eigenvalue weighted by atomic mass is 35.5. The molecule has 2 N–H and O–H groups in total.